The van der Waals surface area contributed by atoms with Gasteiger partial charge >= 0.3 is 0 Å². The minimum atomic E-state index is 0.651. The van der Waals surface area contributed by atoms with E-state index in [1.807, 2.05) is 24.3 Å². The van der Waals surface area contributed by atoms with Crippen molar-refractivity contribution >= 4 is 80.8 Å². The zero-order valence-corrected chi connectivity index (χ0v) is 26.9. The summed E-state index contributed by atoms with van der Waals surface area (Å²) in [5, 5.41) is 16.6. The van der Waals surface area contributed by atoms with Crippen LogP contribution in [-0.4, -0.2) is 9.13 Å². The van der Waals surface area contributed by atoms with Gasteiger partial charge < -0.3 is 9.13 Å². The first-order valence-corrected chi connectivity index (χ1v) is 16.9. The SMILES string of the molecule is [C-]#[N+]c1ccc2sc3cc4c5ccccc5n(-c5ccccc5-c5ccccc5-n5c6ccccc6c6cc(C#N)ccc65)c4cc3c2c1. The molecule has 0 unspecified atom stereocenters. The minimum Gasteiger partial charge on any atom is -0.309 e. The molecule has 0 aliphatic carbocycles. The van der Waals surface area contributed by atoms with Gasteiger partial charge in [0.1, 0.15) is 0 Å². The fourth-order valence-electron chi connectivity index (χ4n) is 7.65. The molecule has 3 aromatic heterocycles. The van der Waals surface area contributed by atoms with Crippen molar-refractivity contribution in [2.45, 2.75) is 0 Å². The standard InChI is InChI=1S/C44H24N4S/c1-46-28-19-21-43-35(23-28)36-24-42-34(25-44(36)49-43)32-13-5-9-17-40(32)48(42)38-15-7-3-11-30(38)29-10-2-6-14-37(29)47-39-16-8-4-12-31(39)33-22-27(26-45)18-20-41(33)47/h2-25H. The number of nitriles is 1. The maximum absolute atomic E-state index is 9.71. The lowest BCUT2D eigenvalue weighted by Gasteiger charge is -2.18. The van der Waals surface area contributed by atoms with Crippen molar-refractivity contribution in [2.24, 2.45) is 0 Å². The molecule has 7 aromatic carbocycles. The average Bonchev–Trinajstić information content (AvgIpc) is 3.80. The summed E-state index contributed by atoms with van der Waals surface area (Å²) in [4.78, 5) is 3.72. The highest BCUT2D eigenvalue weighted by atomic mass is 32.1. The smallest absolute Gasteiger partial charge is 0.187 e. The number of nitrogens with zero attached hydrogens (tertiary/aromatic N) is 4. The third-order valence-electron chi connectivity index (χ3n) is 9.76. The van der Waals surface area contributed by atoms with E-state index >= 15 is 0 Å². The van der Waals surface area contributed by atoms with Crippen LogP contribution in [0.2, 0.25) is 0 Å². The lowest BCUT2D eigenvalue weighted by molar-refractivity contribution is 1.16. The van der Waals surface area contributed by atoms with Gasteiger partial charge in [-0.2, -0.15) is 5.26 Å². The molecule has 5 heteroatoms. The van der Waals surface area contributed by atoms with Gasteiger partial charge in [-0.1, -0.05) is 84.9 Å². The molecule has 226 valence electrons. The molecule has 0 bridgehead atoms. The van der Waals surface area contributed by atoms with Gasteiger partial charge in [-0.3, -0.25) is 0 Å². The van der Waals surface area contributed by atoms with Crippen LogP contribution in [0.4, 0.5) is 5.69 Å². The highest BCUT2D eigenvalue weighted by molar-refractivity contribution is 7.25. The van der Waals surface area contributed by atoms with E-state index in [0.717, 1.165) is 60.7 Å². The number of hydrogen-bond acceptors (Lipinski definition) is 2. The van der Waals surface area contributed by atoms with E-state index in [0.29, 0.717) is 11.3 Å². The quantitative estimate of drug-likeness (QED) is 0.177. The van der Waals surface area contributed by atoms with Gasteiger partial charge in [-0.15, -0.1) is 11.3 Å². The normalized spacial score (nSPS) is 11.6. The Bertz CT molecular complexity index is 3090. The molecule has 0 amide bonds. The highest BCUT2D eigenvalue weighted by Gasteiger charge is 2.21. The first kappa shape index (κ1) is 27.5. The molecule has 4 nitrogen and oxygen atoms in total. The van der Waals surface area contributed by atoms with E-state index in [1.54, 1.807) is 11.3 Å². The summed E-state index contributed by atoms with van der Waals surface area (Å²) >= 11 is 1.78. The molecule has 0 radical (unpaired) electrons. The summed E-state index contributed by atoms with van der Waals surface area (Å²) in [6, 6.07) is 53.3. The third kappa shape index (κ3) is 3.95. The number of hydrogen-bond donors (Lipinski definition) is 0. The number of benzene rings is 7. The van der Waals surface area contributed by atoms with E-state index in [4.69, 9.17) is 6.57 Å². The van der Waals surface area contributed by atoms with Gasteiger partial charge in [-0.05, 0) is 66.0 Å². The Labute approximate surface area is 285 Å². The van der Waals surface area contributed by atoms with Crippen molar-refractivity contribution in [3.05, 3.63) is 163 Å². The Hall–Kier alpha value is -6.66. The van der Waals surface area contributed by atoms with Gasteiger partial charge in [-0.25, -0.2) is 4.85 Å². The van der Waals surface area contributed by atoms with Crippen LogP contribution in [0.1, 0.15) is 5.56 Å². The first-order chi connectivity index (χ1) is 24.2. The first-order valence-electron chi connectivity index (χ1n) is 16.1. The highest BCUT2D eigenvalue weighted by Crippen LogP contribution is 2.44. The Morgan fingerprint density at radius 3 is 1.73 bits per heavy atom. The molecule has 0 fully saturated rings. The second-order valence-corrected chi connectivity index (χ2v) is 13.4. The fourth-order valence-corrected chi connectivity index (χ4v) is 8.76. The monoisotopic (exact) mass is 640 g/mol. The molecule has 0 atom stereocenters. The predicted molar refractivity (Wildman–Crippen MR) is 204 cm³/mol. The van der Waals surface area contributed by atoms with E-state index in [1.165, 1.54) is 25.6 Å². The van der Waals surface area contributed by atoms with Gasteiger partial charge in [0.2, 0.25) is 0 Å². The molecule has 3 heterocycles. The summed E-state index contributed by atoms with van der Waals surface area (Å²) in [6.07, 6.45) is 0. The molecule has 10 aromatic rings. The Kier molecular flexibility index (Phi) is 5.84. The van der Waals surface area contributed by atoms with Crippen LogP contribution in [0, 0.1) is 17.9 Å². The van der Waals surface area contributed by atoms with Crippen molar-refractivity contribution in [3.8, 4) is 28.6 Å². The van der Waals surface area contributed by atoms with Gasteiger partial charge in [0.15, 0.2) is 5.69 Å². The molecular weight excluding hydrogens is 617 g/mol. The van der Waals surface area contributed by atoms with Crippen LogP contribution in [0.15, 0.2) is 146 Å². The molecule has 0 spiro atoms. The van der Waals surface area contributed by atoms with Crippen LogP contribution in [0.25, 0.3) is 91.1 Å². The molecule has 0 saturated heterocycles. The third-order valence-corrected chi connectivity index (χ3v) is 10.9. The van der Waals surface area contributed by atoms with Crippen molar-refractivity contribution in [3.63, 3.8) is 0 Å². The summed E-state index contributed by atoms with van der Waals surface area (Å²) in [6.45, 7) is 7.62. The second-order valence-electron chi connectivity index (χ2n) is 12.3. The lowest BCUT2D eigenvalue weighted by atomic mass is 10.0. The molecule has 0 aliphatic rings. The Balaban J connectivity index is 1.28. The predicted octanol–water partition coefficient (Wildman–Crippen LogP) is 12.3. The zero-order chi connectivity index (χ0) is 32.6. The topological polar surface area (TPSA) is 38.0 Å². The molecular formula is C44H24N4S. The van der Waals surface area contributed by atoms with Crippen LogP contribution >= 0.6 is 11.3 Å². The van der Waals surface area contributed by atoms with Crippen molar-refractivity contribution in [2.75, 3.05) is 0 Å². The Morgan fingerprint density at radius 1 is 0.490 bits per heavy atom. The van der Waals surface area contributed by atoms with E-state index in [-0.39, 0.29) is 0 Å². The number of para-hydroxylation sites is 4. The van der Waals surface area contributed by atoms with Gasteiger partial charge in [0.05, 0.1) is 51.6 Å². The summed E-state index contributed by atoms with van der Waals surface area (Å²) in [5.41, 5.74) is 10.1. The van der Waals surface area contributed by atoms with Crippen LogP contribution in [0.5, 0.6) is 0 Å². The van der Waals surface area contributed by atoms with Gasteiger partial charge in [0.25, 0.3) is 0 Å². The van der Waals surface area contributed by atoms with Crippen LogP contribution < -0.4 is 0 Å². The molecule has 0 aliphatic heterocycles. The molecule has 10 rings (SSSR count). The van der Waals surface area contributed by atoms with Gasteiger partial charge in [0, 0.05) is 47.5 Å². The van der Waals surface area contributed by atoms with Crippen molar-refractivity contribution in [1.29, 1.82) is 5.26 Å². The lowest BCUT2D eigenvalue weighted by Crippen LogP contribution is -2.01. The number of fused-ring (bicyclic) bond motifs is 9. The number of thiophene rings is 1. The zero-order valence-electron chi connectivity index (χ0n) is 26.1. The number of aromatic nitrogens is 2. The average molecular weight is 641 g/mol. The van der Waals surface area contributed by atoms with Crippen LogP contribution in [0.3, 0.4) is 0 Å². The van der Waals surface area contributed by atoms with Crippen LogP contribution in [-0.2, 0) is 0 Å². The summed E-state index contributed by atoms with van der Waals surface area (Å²) in [5.74, 6) is 0. The van der Waals surface area contributed by atoms with Crippen molar-refractivity contribution < 1.29 is 0 Å². The summed E-state index contributed by atoms with van der Waals surface area (Å²) < 4.78 is 7.15. The fraction of sp³-hybridized carbons (Fsp3) is 0. The summed E-state index contributed by atoms with van der Waals surface area (Å²) in [7, 11) is 0. The largest absolute Gasteiger partial charge is 0.309 e. The van der Waals surface area contributed by atoms with E-state index in [2.05, 4.69) is 141 Å². The maximum atomic E-state index is 9.71. The molecule has 0 N–H and O–H groups in total. The Morgan fingerprint density at radius 2 is 1.06 bits per heavy atom. The number of rotatable bonds is 3. The second kappa shape index (κ2) is 10.4. The van der Waals surface area contributed by atoms with E-state index < -0.39 is 0 Å². The maximum Gasteiger partial charge on any atom is 0.187 e. The molecule has 0 saturated carbocycles. The van der Waals surface area contributed by atoms with E-state index in [9.17, 15) is 5.26 Å². The minimum absolute atomic E-state index is 0.651. The molecule has 49 heavy (non-hydrogen) atoms. The van der Waals surface area contributed by atoms with Crippen molar-refractivity contribution in [1.82, 2.24) is 9.13 Å².